The smallest absolute Gasteiger partial charge is 0.161 e. The van der Waals surface area contributed by atoms with E-state index in [-0.39, 0.29) is 18.0 Å². The number of fused-ring (bicyclic) bond motifs is 1. The topological polar surface area (TPSA) is 116 Å². The molecule has 0 amide bonds. The first-order chi connectivity index (χ1) is 10.5. The van der Waals surface area contributed by atoms with Gasteiger partial charge in [-0.15, -0.1) is 0 Å². The Morgan fingerprint density at radius 3 is 2.45 bits per heavy atom. The van der Waals surface area contributed by atoms with Crippen molar-refractivity contribution < 1.29 is 25.2 Å². The Balaban J connectivity index is 1.94. The van der Waals surface area contributed by atoms with E-state index in [0.717, 1.165) is 12.0 Å². The minimum absolute atomic E-state index is 0.163. The molecule has 3 rings (SSSR count). The molecular weight excluding hydrogens is 286 g/mol. The van der Waals surface area contributed by atoms with E-state index in [9.17, 15) is 20.4 Å². The SMILES string of the molecule is NCC1OC(C2C(O)CCCC2O)Cc2c1ccc(O)c2O. The van der Waals surface area contributed by atoms with Gasteiger partial charge in [0.15, 0.2) is 11.5 Å². The Bertz CT molecular complexity index is 540. The lowest BCUT2D eigenvalue weighted by atomic mass is 9.77. The number of benzene rings is 1. The van der Waals surface area contributed by atoms with Gasteiger partial charge in [-0.05, 0) is 30.9 Å². The zero-order valence-electron chi connectivity index (χ0n) is 12.4. The first-order valence-electron chi connectivity index (χ1n) is 7.78. The number of nitrogens with two attached hydrogens (primary N) is 1. The predicted octanol–water partition coefficient (Wildman–Crippen LogP) is 0.561. The van der Waals surface area contributed by atoms with E-state index in [1.807, 2.05) is 0 Å². The molecule has 6 heteroatoms. The highest BCUT2D eigenvalue weighted by Crippen LogP contribution is 2.43. The maximum Gasteiger partial charge on any atom is 0.161 e. The third-order valence-corrected chi connectivity index (χ3v) is 4.92. The Labute approximate surface area is 129 Å². The maximum atomic E-state index is 10.2. The van der Waals surface area contributed by atoms with Crippen LogP contribution in [0.3, 0.4) is 0 Å². The fourth-order valence-corrected chi connectivity index (χ4v) is 3.77. The van der Waals surface area contributed by atoms with Gasteiger partial charge in [-0.25, -0.2) is 0 Å². The van der Waals surface area contributed by atoms with Crippen LogP contribution in [0, 0.1) is 5.92 Å². The highest BCUT2D eigenvalue weighted by molar-refractivity contribution is 5.51. The van der Waals surface area contributed by atoms with Gasteiger partial charge in [0.2, 0.25) is 0 Å². The molecule has 6 N–H and O–H groups in total. The van der Waals surface area contributed by atoms with E-state index in [1.165, 1.54) is 6.07 Å². The molecule has 0 bridgehead atoms. The average molecular weight is 309 g/mol. The zero-order chi connectivity index (χ0) is 15.9. The summed E-state index contributed by atoms with van der Waals surface area (Å²) < 4.78 is 6.00. The van der Waals surface area contributed by atoms with Crippen LogP contribution in [-0.4, -0.2) is 45.3 Å². The van der Waals surface area contributed by atoms with Crippen molar-refractivity contribution in [3.8, 4) is 11.5 Å². The fraction of sp³-hybridized carbons (Fsp3) is 0.625. The second-order valence-electron chi connectivity index (χ2n) is 6.25. The van der Waals surface area contributed by atoms with Crippen molar-refractivity contribution in [3.63, 3.8) is 0 Å². The summed E-state index contributed by atoms with van der Waals surface area (Å²) in [6, 6.07) is 3.12. The third kappa shape index (κ3) is 2.56. The van der Waals surface area contributed by atoms with E-state index in [1.54, 1.807) is 6.07 Å². The number of ether oxygens (including phenoxy) is 1. The van der Waals surface area contributed by atoms with Gasteiger partial charge in [0.05, 0.1) is 24.4 Å². The van der Waals surface area contributed by atoms with Gasteiger partial charge in [0.25, 0.3) is 0 Å². The summed E-state index contributed by atoms with van der Waals surface area (Å²) >= 11 is 0. The standard InChI is InChI=1S/C16H23NO5/c17-7-14-8-4-5-12(20)16(21)9(8)6-13(22-14)15-10(18)2-1-3-11(15)19/h4-5,10-11,13-15,18-21H,1-3,6-7,17H2. The first-order valence-corrected chi connectivity index (χ1v) is 7.78. The lowest BCUT2D eigenvalue weighted by Crippen LogP contribution is -2.48. The average Bonchev–Trinajstić information content (AvgIpc) is 2.50. The van der Waals surface area contributed by atoms with Crippen LogP contribution in [0.1, 0.15) is 36.5 Å². The van der Waals surface area contributed by atoms with Gasteiger partial charge in [0, 0.05) is 24.4 Å². The Kier molecular flexibility index (Phi) is 4.27. The van der Waals surface area contributed by atoms with E-state index in [0.29, 0.717) is 24.8 Å². The second-order valence-corrected chi connectivity index (χ2v) is 6.25. The molecule has 1 saturated carbocycles. The molecule has 1 aromatic rings. The monoisotopic (exact) mass is 309 g/mol. The number of phenolic OH excluding ortho intramolecular Hbond substituents is 2. The molecule has 0 spiro atoms. The Morgan fingerprint density at radius 2 is 1.82 bits per heavy atom. The van der Waals surface area contributed by atoms with Crippen molar-refractivity contribution >= 4 is 0 Å². The quantitative estimate of drug-likeness (QED) is 0.510. The van der Waals surface area contributed by atoms with Crippen molar-refractivity contribution in [3.05, 3.63) is 23.3 Å². The molecule has 122 valence electrons. The minimum Gasteiger partial charge on any atom is -0.504 e. The lowest BCUT2D eigenvalue weighted by Gasteiger charge is -2.42. The first kappa shape index (κ1) is 15.6. The number of aliphatic hydroxyl groups excluding tert-OH is 2. The van der Waals surface area contributed by atoms with E-state index in [2.05, 4.69) is 0 Å². The summed E-state index contributed by atoms with van der Waals surface area (Å²) in [6.07, 6.45) is 0.280. The number of aliphatic hydroxyl groups is 2. The normalized spacial score (nSPS) is 35.1. The van der Waals surface area contributed by atoms with Gasteiger partial charge >= 0.3 is 0 Å². The van der Waals surface area contributed by atoms with E-state index in [4.69, 9.17) is 10.5 Å². The van der Waals surface area contributed by atoms with Crippen LogP contribution in [0.2, 0.25) is 0 Å². The largest absolute Gasteiger partial charge is 0.504 e. The maximum absolute atomic E-state index is 10.2. The van der Waals surface area contributed by atoms with Gasteiger partial charge in [-0.1, -0.05) is 6.07 Å². The Morgan fingerprint density at radius 1 is 1.14 bits per heavy atom. The molecule has 1 aromatic carbocycles. The van der Waals surface area contributed by atoms with Crippen LogP contribution in [-0.2, 0) is 11.2 Å². The van der Waals surface area contributed by atoms with Crippen LogP contribution in [0.25, 0.3) is 0 Å². The summed E-state index contributed by atoms with van der Waals surface area (Å²) in [5.74, 6) is -0.748. The molecule has 4 atom stereocenters. The van der Waals surface area contributed by atoms with Crippen molar-refractivity contribution in [2.45, 2.75) is 50.1 Å². The zero-order valence-corrected chi connectivity index (χ0v) is 12.4. The van der Waals surface area contributed by atoms with Crippen LogP contribution in [0.15, 0.2) is 12.1 Å². The number of aromatic hydroxyl groups is 2. The Hall–Kier alpha value is -1.34. The number of rotatable bonds is 2. The van der Waals surface area contributed by atoms with E-state index >= 15 is 0 Å². The molecule has 2 aliphatic rings. The molecule has 0 aromatic heterocycles. The predicted molar refractivity (Wildman–Crippen MR) is 79.5 cm³/mol. The van der Waals surface area contributed by atoms with Crippen LogP contribution in [0.4, 0.5) is 0 Å². The van der Waals surface area contributed by atoms with Gasteiger partial charge in [-0.3, -0.25) is 0 Å². The van der Waals surface area contributed by atoms with Crippen molar-refractivity contribution in [1.82, 2.24) is 0 Å². The van der Waals surface area contributed by atoms with Gasteiger partial charge in [-0.2, -0.15) is 0 Å². The highest BCUT2D eigenvalue weighted by atomic mass is 16.5. The van der Waals surface area contributed by atoms with Crippen LogP contribution < -0.4 is 5.73 Å². The van der Waals surface area contributed by atoms with E-state index < -0.39 is 30.3 Å². The number of hydrogen-bond acceptors (Lipinski definition) is 6. The molecule has 0 saturated heterocycles. The molecule has 6 nitrogen and oxygen atoms in total. The molecule has 4 unspecified atom stereocenters. The summed E-state index contributed by atoms with van der Waals surface area (Å²) in [4.78, 5) is 0. The highest BCUT2D eigenvalue weighted by Gasteiger charge is 2.42. The second kappa shape index (κ2) is 6.04. The molecule has 1 heterocycles. The lowest BCUT2D eigenvalue weighted by molar-refractivity contribution is -0.131. The minimum atomic E-state index is -0.631. The number of phenols is 2. The van der Waals surface area contributed by atoms with Gasteiger partial charge in [0.1, 0.15) is 0 Å². The number of hydrogen-bond donors (Lipinski definition) is 5. The summed E-state index contributed by atoms with van der Waals surface area (Å²) in [5.41, 5.74) is 7.13. The van der Waals surface area contributed by atoms with Crippen molar-refractivity contribution in [2.75, 3.05) is 6.54 Å². The molecule has 1 aliphatic heterocycles. The fourth-order valence-electron chi connectivity index (χ4n) is 3.77. The van der Waals surface area contributed by atoms with Crippen LogP contribution in [0.5, 0.6) is 11.5 Å². The summed E-state index contributed by atoms with van der Waals surface area (Å²) in [7, 11) is 0. The van der Waals surface area contributed by atoms with Crippen molar-refractivity contribution in [2.24, 2.45) is 11.7 Å². The third-order valence-electron chi connectivity index (χ3n) is 4.92. The molecular formula is C16H23NO5. The van der Waals surface area contributed by atoms with Crippen molar-refractivity contribution in [1.29, 1.82) is 0 Å². The van der Waals surface area contributed by atoms with Gasteiger partial charge < -0.3 is 30.9 Å². The molecule has 0 radical (unpaired) electrons. The van der Waals surface area contributed by atoms with Crippen LogP contribution >= 0.6 is 0 Å². The molecule has 1 aliphatic carbocycles. The molecule has 1 fully saturated rings. The summed E-state index contributed by atoms with van der Waals surface area (Å²) in [6.45, 7) is 0.229. The molecule has 22 heavy (non-hydrogen) atoms. The summed E-state index contributed by atoms with van der Waals surface area (Å²) in [5, 5.41) is 40.3.